The summed E-state index contributed by atoms with van der Waals surface area (Å²) in [6, 6.07) is 5.86. The molecule has 0 bridgehead atoms. The van der Waals surface area contributed by atoms with Gasteiger partial charge in [-0.3, -0.25) is 4.79 Å². The standard InChI is InChI=1S/C12H10BrF3N4O3S2/c13-7-1-3-8(4-2-7)25(22,23)17-6-5-9(21)18-11-20-19-10(24-11)12(14,15)16/h1-4,17H,5-6H2,(H,18,20,21). The van der Waals surface area contributed by atoms with Gasteiger partial charge in [-0.2, -0.15) is 13.2 Å². The van der Waals surface area contributed by atoms with Gasteiger partial charge >= 0.3 is 6.18 Å². The first-order valence-corrected chi connectivity index (χ1v) is 9.63. The lowest BCUT2D eigenvalue weighted by molar-refractivity contribution is -0.138. The predicted octanol–water partition coefficient (Wildman–Crippen LogP) is 2.63. The number of benzene rings is 1. The molecule has 0 atom stereocenters. The highest BCUT2D eigenvalue weighted by Crippen LogP contribution is 2.32. The molecule has 0 unspecified atom stereocenters. The zero-order valence-corrected chi connectivity index (χ0v) is 15.4. The van der Waals surface area contributed by atoms with Gasteiger partial charge in [-0.1, -0.05) is 27.3 Å². The second kappa shape index (κ2) is 7.76. The normalized spacial score (nSPS) is 12.2. The van der Waals surface area contributed by atoms with E-state index in [2.05, 4.69) is 36.2 Å². The van der Waals surface area contributed by atoms with Crippen LogP contribution in [0.4, 0.5) is 18.3 Å². The molecule has 0 aliphatic rings. The molecular weight excluding hydrogens is 449 g/mol. The fourth-order valence-corrected chi connectivity index (χ4v) is 3.49. The summed E-state index contributed by atoms with van der Waals surface area (Å²) >= 11 is 3.36. The number of nitrogens with one attached hydrogen (secondary N) is 2. The van der Waals surface area contributed by atoms with E-state index in [9.17, 15) is 26.4 Å². The first kappa shape index (κ1) is 19.8. The number of hydrogen-bond acceptors (Lipinski definition) is 6. The number of halogens is 4. The van der Waals surface area contributed by atoms with Gasteiger partial charge in [-0.25, -0.2) is 13.1 Å². The van der Waals surface area contributed by atoms with Crippen molar-refractivity contribution in [3.63, 3.8) is 0 Å². The highest BCUT2D eigenvalue weighted by molar-refractivity contribution is 9.10. The Morgan fingerprint density at radius 1 is 1.20 bits per heavy atom. The molecule has 2 rings (SSSR count). The summed E-state index contributed by atoms with van der Waals surface area (Å²) in [5.41, 5.74) is 0. The van der Waals surface area contributed by atoms with Gasteiger partial charge in [0.1, 0.15) is 0 Å². The molecule has 2 aromatic rings. The van der Waals surface area contributed by atoms with E-state index in [-0.39, 0.29) is 34.3 Å². The lowest BCUT2D eigenvalue weighted by Crippen LogP contribution is -2.27. The van der Waals surface area contributed by atoms with E-state index in [0.29, 0.717) is 4.47 Å². The zero-order valence-electron chi connectivity index (χ0n) is 12.2. The average molecular weight is 459 g/mol. The fraction of sp³-hybridized carbons (Fsp3) is 0.250. The number of hydrogen-bond donors (Lipinski definition) is 2. The number of rotatable bonds is 6. The van der Waals surface area contributed by atoms with Crippen LogP contribution in [0.3, 0.4) is 0 Å². The monoisotopic (exact) mass is 458 g/mol. The summed E-state index contributed by atoms with van der Waals surface area (Å²) in [6.07, 6.45) is -4.92. The SMILES string of the molecule is O=C(CCNS(=O)(=O)c1ccc(Br)cc1)Nc1nnc(C(F)(F)F)s1. The summed E-state index contributed by atoms with van der Waals surface area (Å²) in [5.74, 6) is -0.691. The number of sulfonamides is 1. The third-order valence-electron chi connectivity index (χ3n) is 2.68. The van der Waals surface area contributed by atoms with Crippen LogP contribution in [-0.4, -0.2) is 31.1 Å². The third-order valence-corrected chi connectivity index (χ3v) is 5.57. The van der Waals surface area contributed by atoms with E-state index >= 15 is 0 Å². The van der Waals surface area contributed by atoms with Gasteiger partial charge < -0.3 is 5.32 Å². The number of anilines is 1. The van der Waals surface area contributed by atoms with Gasteiger partial charge in [-0.15, -0.1) is 10.2 Å². The van der Waals surface area contributed by atoms with E-state index < -0.39 is 27.1 Å². The Labute approximate surface area is 152 Å². The maximum atomic E-state index is 12.4. The van der Waals surface area contributed by atoms with Crippen LogP contribution < -0.4 is 10.0 Å². The Balaban J connectivity index is 1.86. The lowest BCUT2D eigenvalue weighted by Gasteiger charge is -2.06. The molecule has 136 valence electrons. The molecule has 0 aliphatic carbocycles. The largest absolute Gasteiger partial charge is 0.445 e. The molecule has 25 heavy (non-hydrogen) atoms. The fourth-order valence-electron chi connectivity index (χ4n) is 1.57. The van der Waals surface area contributed by atoms with Crippen molar-refractivity contribution in [3.05, 3.63) is 33.7 Å². The second-order valence-electron chi connectivity index (χ2n) is 4.56. The Bertz CT molecular complexity index is 853. The van der Waals surface area contributed by atoms with Crippen LogP contribution in [0.2, 0.25) is 0 Å². The van der Waals surface area contributed by atoms with Crippen molar-refractivity contribution in [3.8, 4) is 0 Å². The van der Waals surface area contributed by atoms with Crippen molar-refractivity contribution in [1.29, 1.82) is 0 Å². The number of carbonyl (C=O) groups excluding carboxylic acids is 1. The molecular formula is C12H10BrF3N4O3S2. The van der Waals surface area contributed by atoms with Crippen molar-refractivity contribution in [2.75, 3.05) is 11.9 Å². The minimum atomic E-state index is -4.64. The molecule has 0 saturated carbocycles. The van der Waals surface area contributed by atoms with Gasteiger partial charge in [0.05, 0.1) is 4.90 Å². The molecule has 1 heterocycles. The van der Waals surface area contributed by atoms with Gasteiger partial charge in [0.15, 0.2) is 0 Å². The Morgan fingerprint density at radius 2 is 1.84 bits per heavy atom. The Kier molecular flexibility index (Phi) is 6.13. The summed E-state index contributed by atoms with van der Waals surface area (Å²) < 4.78 is 64.0. The number of aromatic nitrogens is 2. The summed E-state index contributed by atoms with van der Waals surface area (Å²) in [7, 11) is -3.79. The number of amides is 1. The summed E-state index contributed by atoms with van der Waals surface area (Å²) in [5, 5.41) is 6.77. The van der Waals surface area contributed by atoms with Gasteiger partial charge in [0.25, 0.3) is 0 Å². The molecule has 0 radical (unpaired) electrons. The molecule has 1 aromatic heterocycles. The molecule has 0 aliphatic heterocycles. The lowest BCUT2D eigenvalue weighted by atomic mass is 10.4. The van der Waals surface area contributed by atoms with Crippen molar-refractivity contribution >= 4 is 48.3 Å². The molecule has 7 nitrogen and oxygen atoms in total. The van der Waals surface area contributed by atoms with Gasteiger partial charge in [0, 0.05) is 17.4 Å². The van der Waals surface area contributed by atoms with Gasteiger partial charge in [-0.05, 0) is 24.3 Å². The Morgan fingerprint density at radius 3 is 2.40 bits per heavy atom. The molecule has 1 amide bonds. The summed E-state index contributed by atoms with van der Waals surface area (Å²) in [6.45, 7) is -0.227. The van der Waals surface area contributed by atoms with Crippen LogP contribution in [0.1, 0.15) is 11.4 Å². The number of nitrogens with zero attached hydrogens (tertiary/aromatic N) is 2. The first-order valence-electron chi connectivity index (χ1n) is 6.54. The molecule has 2 N–H and O–H groups in total. The number of alkyl halides is 3. The van der Waals surface area contributed by atoms with E-state index in [1.807, 2.05) is 0 Å². The first-order chi connectivity index (χ1) is 11.6. The maximum absolute atomic E-state index is 12.4. The zero-order chi connectivity index (χ0) is 18.7. The molecule has 1 aromatic carbocycles. The van der Waals surface area contributed by atoms with Crippen molar-refractivity contribution in [2.45, 2.75) is 17.5 Å². The minimum absolute atomic E-state index is 0.0232. The van der Waals surface area contributed by atoms with E-state index in [1.165, 1.54) is 12.1 Å². The molecule has 0 saturated heterocycles. The highest BCUT2D eigenvalue weighted by atomic mass is 79.9. The topological polar surface area (TPSA) is 101 Å². The van der Waals surface area contributed by atoms with Gasteiger partial charge in [0.2, 0.25) is 26.1 Å². The minimum Gasteiger partial charge on any atom is -0.300 e. The average Bonchev–Trinajstić information content (AvgIpc) is 2.96. The van der Waals surface area contributed by atoms with Crippen molar-refractivity contribution in [2.24, 2.45) is 0 Å². The molecule has 0 spiro atoms. The third kappa shape index (κ3) is 5.73. The molecule has 0 fully saturated rings. The van der Waals surface area contributed by atoms with Crippen LogP contribution >= 0.6 is 27.3 Å². The van der Waals surface area contributed by atoms with Crippen LogP contribution in [0, 0.1) is 0 Å². The quantitative estimate of drug-likeness (QED) is 0.692. The number of carbonyl (C=O) groups is 1. The van der Waals surface area contributed by atoms with Crippen molar-refractivity contribution in [1.82, 2.24) is 14.9 Å². The van der Waals surface area contributed by atoms with Crippen LogP contribution in [0.15, 0.2) is 33.6 Å². The van der Waals surface area contributed by atoms with Crippen molar-refractivity contribution < 1.29 is 26.4 Å². The summed E-state index contributed by atoms with van der Waals surface area (Å²) in [4.78, 5) is 11.7. The second-order valence-corrected chi connectivity index (χ2v) is 8.22. The van der Waals surface area contributed by atoms with E-state index in [0.717, 1.165) is 0 Å². The van der Waals surface area contributed by atoms with Crippen LogP contribution in [0.5, 0.6) is 0 Å². The van der Waals surface area contributed by atoms with E-state index in [4.69, 9.17) is 0 Å². The molecule has 13 heteroatoms. The Hall–Kier alpha value is -1.57. The van der Waals surface area contributed by atoms with Crippen LogP contribution in [-0.2, 0) is 21.0 Å². The van der Waals surface area contributed by atoms with E-state index in [1.54, 1.807) is 12.1 Å². The van der Waals surface area contributed by atoms with Crippen LogP contribution in [0.25, 0.3) is 0 Å². The maximum Gasteiger partial charge on any atom is 0.445 e. The predicted molar refractivity (Wildman–Crippen MR) is 87.5 cm³/mol. The smallest absolute Gasteiger partial charge is 0.300 e. The highest BCUT2D eigenvalue weighted by Gasteiger charge is 2.35.